The summed E-state index contributed by atoms with van der Waals surface area (Å²) in [6.45, 7) is 5.86. The van der Waals surface area contributed by atoms with Gasteiger partial charge in [0.25, 0.3) is 0 Å². The predicted molar refractivity (Wildman–Crippen MR) is 138 cm³/mol. The van der Waals surface area contributed by atoms with E-state index in [9.17, 15) is 24.9 Å². The molecule has 15 atom stereocenters. The fraction of sp³-hybridized carbons (Fsp3) is 0.867. The van der Waals surface area contributed by atoms with Gasteiger partial charge in [-0.25, -0.2) is 4.79 Å². The molecular weight excluding hydrogens is 520 g/mol. The summed E-state index contributed by atoms with van der Waals surface area (Å²) >= 11 is 0. The largest absolute Gasteiger partial charge is 0.458 e. The Hall–Kier alpha value is -1.40. The number of esters is 1. The van der Waals surface area contributed by atoms with Gasteiger partial charge in [0, 0.05) is 37.4 Å². The molecule has 4 aliphatic carbocycles. The third-order valence-electron chi connectivity index (χ3n) is 12.4. The Balaban J connectivity index is 1.15. The van der Waals surface area contributed by atoms with Crippen molar-refractivity contribution in [2.75, 3.05) is 13.7 Å². The van der Waals surface area contributed by atoms with Crippen molar-refractivity contribution in [2.24, 2.45) is 34.5 Å². The molecule has 222 valence electrons. The second kappa shape index (κ2) is 9.05. The number of fused-ring (bicyclic) bond motifs is 2. The molecule has 7 aliphatic rings. The van der Waals surface area contributed by atoms with Crippen molar-refractivity contribution in [1.29, 1.82) is 0 Å². The number of ketones is 1. The van der Waals surface area contributed by atoms with E-state index in [0.29, 0.717) is 18.4 Å². The molecule has 40 heavy (non-hydrogen) atoms. The molecular formula is C30H42O10. The number of ether oxygens (including phenoxy) is 5. The first-order valence-electron chi connectivity index (χ1n) is 14.9. The highest BCUT2D eigenvalue weighted by Crippen LogP contribution is 2.72. The van der Waals surface area contributed by atoms with Gasteiger partial charge >= 0.3 is 5.97 Å². The smallest absolute Gasteiger partial charge is 0.331 e. The maximum atomic E-state index is 14.2. The molecule has 7 rings (SSSR count). The zero-order valence-corrected chi connectivity index (χ0v) is 23.7. The van der Waals surface area contributed by atoms with Gasteiger partial charge in [-0.2, -0.15) is 0 Å². The summed E-state index contributed by atoms with van der Waals surface area (Å²) in [6.07, 6.45) is 1.23. The molecule has 3 N–H and O–H groups in total. The molecule has 0 amide bonds. The summed E-state index contributed by atoms with van der Waals surface area (Å²) in [7, 11) is 1.58. The quantitative estimate of drug-likeness (QED) is 0.339. The second-order valence-electron chi connectivity index (χ2n) is 13.9. The first-order chi connectivity index (χ1) is 18.9. The van der Waals surface area contributed by atoms with Crippen LogP contribution in [-0.4, -0.2) is 95.4 Å². The van der Waals surface area contributed by atoms with Gasteiger partial charge in [0.05, 0.1) is 35.9 Å². The van der Waals surface area contributed by atoms with Crippen molar-refractivity contribution in [2.45, 2.75) is 114 Å². The molecule has 10 heteroatoms. The number of carbonyl (C=O) groups excluding carboxylic acids is 2. The number of hydrogen-bond acceptors (Lipinski definition) is 10. The van der Waals surface area contributed by atoms with E-state index in [-0.39, 0.29) is 48.0 Å². The lowest BCUT2D eigenvalue weighted by molar-refractivity contribution is -0.274. The van der Waals surface area contributed by atoms with Crippen LogP contribution in [0.1, 0.15) is 59.3 Å². The number of rotatable bonds is 4. The molecule has 4 saturated carbocycles. The number of hydrogen-bond donors (Lipinski definition) is 3. The summed E-state index contributed by atoms with van der Waals surface area (Å²) in [5, 5.41) is 34.6. The minimum Gasteiger partial charge on any atom is -0.458 e. The highest BCUT2D eigenvalue weighted by Gasteiger charge is 2.81. The van der Waals surface area contributed by atoms with Gasteiger partial charge in [0.1, 0.15) is 24.4 Å². The van der Waals surface area contributed by atoms with Crippen molar-refractivity contribution in [3.63, 3.8) is 0 Å². The number of Topliss-reactive ketones (excluding diaryl/α,β-unsaturated/α-hetero) is 1. The maximum absolute atomic E-state index is 14.2. The molecule has 3 heterocycles. The SMILES string of the molecule is CO[C@@H]1C[C@H](O[C@@H]2CC[C@]3(C)[C@H](C2)C[C@H]2O[C@H]4C[C@H](C5=CC(=O)OC5)[C@]5(C)C(=O)[C@H](O)[C@@H]3[C@@H]2[C@]45O)O[C@@H](C)[C@H]1O. The van der Waals surface area contributed by atoms with Gasteiger partial charge in [-0.15, -0.1) is 0 Å². The number of methoxy groups -OCH3 is 1. The Kier molecular flexibility index (Phi) is 6.21. The topological polar surface area (TPSA) is 141 Å². The number of cyclic esters (lactones) is 1. The van der Waals surface area contributed by atoms with Crippen molar-refractivity contribution < 1.29 is 48.6 Å². The number of aliphatic hydroxyl groups is 3. The molecule has 0 unspecified atom stereocenters. The molecule has 0 aromatic rings. The molecule has 0 radical (unpaired) electrons. The summed E-state index contributed by atoms with van der Waals surface area (Å²) in [4.78, 5) is 26.0. The van der Waals surface area contributed by atoms with Crippen LogP contribution in [0.15, 0.2) is 11.6 Å². The molecule has 2 saturated heterocycles. The fourth-order valence-electron chi connectivity index (χ4n) is 10.3. The van der Waals surface area contributed by atoms with Crippen molar-refractivity contribution in [1.82, 2.24) is 0 Å². The van der Waals surface area contributed by atoms with Crippen LogP contribution in [0.25, 0.3) is 0 Å². The summed E-state index contributed by atoms with van der Waals surface area (Å²) < 4.78 is 29.6. The van der Waals surface area contributed by atoms with Crippen LogP contribution in [0, 0.1) is 34.5 Å². The van der Waals surface area contributed by atoms with Crippen LogP contribution in [0.4, 0.5) is 0 Å². The minimum atomic E-state index is -1.42. The monoisotopic (exact) mass is 562 g/mol. The fourth-order valence-corrected chi connectivity index (χ4v) is 10.3. The third kappa shape index (κ3) is 3.41. The second-order valence-corrected chi connectivity index (χ2v) is 13.9. The maximum Gasteiger partial charge on any atom is 0.331 e. The van der Waals surface area contributed by atoms with E-state index >= 15 is 0 Å². The van der Waals surface area contributed by atoms with Gasteiger partial charge in [0.2, 0.25) is 0 Å². The molecule has 0 aromatic carbocycles. The summed E-state index contributed by atoms with van der Waals surface area (Å²) in [5.74, 6) is -1.86. The van der Waals surface area contributed by atoms with Crippen LogP contribution >= 0.6 is 0 Å². The third-order valence-corrected chi connectivity index (χ3v) is 12.4. The van der Waals surface area contributed by atoms with E-state index in [4.69, 9.17) is 23.7 Å². The van der Waals surface area contributed by atoms with Crippen LogP contribution in [0.3, 0.4) is 0 Å². The van der Waals surface area contributed by atoms with Gasteiger partial charge < -0.3 is 39.0 Å². The van der Waals surface area contributed by atoms with Gasteiger partial charge in [-0.05, 0) is 62.9 Å². The summed E-state index contributed by atoms with van der Waals surface area (Å²) in [5.41, 5.74) is -2.34. The van der Waals surface area contributed by atoms with E-state index in [1.165, 1.54) is 6.08 Å². The van der Waals surface area contributed by atoms with Crippen LogP contribution in [0.5, 0.6) is 0 Å². The average Bonchev–Trinajstić information content (AvgIpc) is 3.53. The molecule has 6 fully saturated rings. The van der Waals surface area contributed by atoms with E-state index < -0.39 is 59.5 Å². The van der Waals surface area contributed by atoms with E-state index in [2.05, 4.69) is 6.92 Å². The lowest BCUT2D eigenvalue weighted by atomic mass is 9.42. The van der Waals surface area contributed by atoms with Gasteiger partial charge in [-0.3, -0.25) is 4.79 Å². The van der Waals surface area contributed by atoms with E-state index in [0.717, 1.165) is 25.7 Å². The van der Waals surface area contributed by atoms with Gasteiger partial charge in [-0.1, -0.05) is 6.92 Å². The molecule has 10 nitrogen and oxygen atoms in total. The highest BCUT2D eigenvalue weighted by atomic mass is 16.7. The lowest BCUT2D eigenvalue weighted by Crippen LogP contribution is -2.72. The molecule has 0 spiro atoms. The molecule has 0 bridgehead atoms. The average molecular weight is 563 g/mol. The summed E-state index contributed by atoms with van der Waals surface area (Å²) in [6, 6.07) is 0. The minimum absolute atomic E-state index is 0.0681. The Morgan fingerprint density at radius 3 is 2.52 bits per heavy atom. The normalized spacial score (nSPS) is 56.9. The number of aliphatic hydroxyl groups excluding tert-OH is 2. The van der Waals surface area contributed by atoms with Crippen molar-refractivity contribution in [3.8, 4) is 0 Å². The first-order valence-corrected chi connectivity index (χ1v) is 14.9. The Morgan fingerprint density at radius 1 is 1.05 bits per heavy atom. The Bertz CT molecular complexity index is 1120. The first kappa shape index (κ1) is 27.4. The van der Waals surface area contributed by atoms with Crippen LogP contribution in [0.2, 0.25) is 0 Å². The van der Waals surface area contributed by atoms with Crippen molar-refractivity contribution >= 4 is 11.8 Å². The number of carbonyl (C=O) groups is 2. The van der Waals surface area contributed by atoms with Crippen LogP contribution in [-0.2, 0) is 33.3 Å². The molecule has 3 aliphatic heterocycles. The standard InChI is InChI=1S/C30H42O10/c1-13-25(32)19(36-4)11-22(38-13)39-16-5-6-28(2)15(8-16)9-18-23-24(28)26(33)27(34)29(3)17(14-7-21(31)37-12-14)10-20(40-18)30(23,29)35/h7,13,15-20,22-26,32-33,35H,5-6,8-12H2,1-4H3/t13-,15+,16+,17+,18+,19+,20-,22-,23+,24-,25+,26+,28+,29+,30+/m0/s1. The van der Waals surface area contributed by atoms with Crippen LogP contribution < -0.4 is 0 Å². The Morgan fingerprint density at radius 2 is 1.82 bits per heavy atom. The van der Waals surface area contributed by atoms with E-state index in [1.807, 2.05) is 6.92 Å². The highest BCUT2D eigenvalue weighted by molar-refractivity contribution is 5.94. The van der Waals surface area contributed by atoms with Crippen molar-refractivity contribution in [3.05, 3.63) is 11.6 Å². The predicted octanol–water partition coefficient (Wildman–Crippen LogP) is 1.28. The zero-order chi connectivity index (χ0) is 28.4. The van der Waals surface area contributed by atoms with Gasteiger partial charge in [0.15, 0.2) is 12.1 Å². The van der Waals surface area contributed by atoms with E-state index in [1.54, 1.807) is 14.0 Å². The molecule has 0 aromatic heterocycles. The Labute approximate surface area is 234 Å². The zero-order valence-electron chi connectivity index (χ0n) is 23.7. The lowest BCUT2D eigenvalue weighted by Gasteiger charge is -2.63.